The van der Waals surface area contributed by atoms with E-state index >= 15 is 0 Å². The number of nitrogens with zero attached hydrogens (tertiary/aromatic N) is 4. The van der Waals surface area contributed by atoms with E-state index in [0.717, 1.165) is 29.8 Å². The lowest BCUT2D eigenvalue weighted by Crippen LogP contribution is -2.25. The molecule has 0 radical (unpaired) electrons. The Morgan fingerprint density at radius 3 is 2.26 bits per heavy atom. The maximum Gasteiger partial charge on any atom is 0.251 e. The minimum absolute atomic E-state index is 0.0426. The van der Waals surface area contributed by atoms with Gasteiger partial charge in [-0.1, -0.05) is 48.5 Å². The third kappa shape index (κ3) is 3.99. The molecular weight excluding hydrogens is 424 g/mol. The van der Waals surface area contributed by atoms with Crippen LogP contribution in [0.4, 0.5) is 11.5 Å². The summed E-state index contributed by atoms with van der Waals surface area (Å²) in [5.74, 6) is 1.13. The third-order valence-electron chi connectivity index (χ3n) is 5.78. The highest BCUT2D eigenvalue weighted by atomic mass is 16.1. The number of amides is 1. The minimum Gasteiger partial charge on any atom is -0.349 e. The maximum atomic E-state index is 12.4. The molecule has 2 aromatic heterocycles. The van der Waals surface area contributed by atoms with Gasteiger partial charge in [-0.05, 0) is 49.2 Å². The second-order valence-corrected chi connectivity index (χ2v) is 8.33. The van der Waals surface area contributed by atoms with Crippen LogP contribution in [0.1, 0.15) is 23.2 Å². The molecule has 7 nitrogen and oxygen atoms in total. The van der Waals surface area contributed by atoms with Gasteiger partial charge in [0.1, 0.15) is 6.33 Å². The highest BCUT2D eigenvalue weighted by Gasteiger charge is 2.24. The molecule has 1 aliphatic carbocycles. The predicted octanol–water partition coefficient (Wildman–Crippen LogP) is 5.12. The van der Waals surface area contributed by atoms with Gasteiger partial charge in [0, 0.05) is 28.5 Å². The fourth-order valence-electron chi connectivity index (χ4n) is 3.82. The van der Waals surface area contributed by atoms with E-state index in [-0.39, 0.29) is 5.91 Å². The molecule has 3 aromatic carbocycles. The van der Waals surface area contributed by atoms with E-state index in [1.165, 1.54) is 0 Å². The minimum atomic E-state index is -0.0426. The van der Waals surface area contributed by atoms with Gasteiger partial charge >= 0.3 is 0 Å². The Morgan fingerprint density at radius 1 is 0.853 bits per heavy atom. The number of carbonyl (C=O) groups is 1. The molecular formula is C27H22N6O. The molecule has 0 aliphatic heterocycles. The van der Waals surface area contributed by atoms with Crippen molar-refractivity contribution in [3.05, 3.63) is 96.8 Å². The molecule has 1 fully saturated rings. The quantitative estimate of drug-likeness (QED) is 0.378. The van der Waals surface area contributed by atoms with E-state index < -0.39 is 0 Å². The Labute approximate surface area is 196 Å². The lowest BCUT2D eigenvalue weighted by Gasteiger charge is -2.10. The number of hydrogen-bond acceptors (Lipinski definition) is 5. The van der Waals surface area contributed by atoms with Crippen molar-refractivity contribution in [2.75, 3.05) is 5.32 Å². The first-order valence-corrected chi connectivity index (χ1v) is 11.3. The number of carbonyl (C=O) groups excluding carboxylic acids is 1. The van der Waals surface area contributed by atoms with Crippen LogP contribution in [0.25, 0.3) is 28.2 Å². The summed E-state index contributed by atoms with van der Waals surface area (Å²) in [4.78, 5) is 26.7. The molecule has 5 aromatic rings. The van der Waals surface area contributed by atoms with E-state index in [1.54, 1.807) is 6.33 Å². The highest BCUT2D eigenvalue weighted by Crippen LogP contribution is 2.28. The zero-order valence-corrected chi connectivity index (χ0v) is 18.3. The van der Waals surface area contributed by atoms with Crippen LogP contribution in [0, 0.1) is 0 Å². The van der Waals surface area contributed by atoms with Crippen molar-refractivity contribution in [1.29, 1.82) is 0 Å². The Kier molecular flexibility index (Phi) is 4.99. The fraction of sp³-hybridized carbons (Fsp3) is 0.111. The monoisotopic (exact) mass is 446 g/mol. The Balaban J connectivity index is 1.43. The standard InChI is InChI=1S/C27H22N6O/c34-27(30-21-15-16-21)19-13-11-18(12-14-19)24-31-25(29-20-7-3-1-4-8-20)23-26(32-24)33(17-28-23)22-9-5-2-6-10-22/h1-14,17,21H,15-16H2,(H,30,34)(H,29,31,32). The number of rotatable bonds is 6. The van der Waals surface area contributed by atoms with Crippen molar-refractivity contribution in [1.82, 2.24) is 24.8 Å². The number of anilines is 2. The summed E-state index contributed by atoms with van der Waals surface area (Å²) in [7, 11) is 0. The molecule has 34 heavy (non-hydrogen) atoms. The highest BCUT2D eigenvalue weighted by molar-refractivity contribution is 5.95. The van der Waals surface area contributed by atoms with Gasteiger partial charge in [0.25, 0.3) is 5.91 Å². The first-order chi connectivity index (χ1) is 16.7. The van der Waals surface area contributed by atoms with Crippen molar-refractivity contribution in [2.45, 2.75) is 18.9 Å². The molecule has 0 unspecified atom stereocenters. The van der Waals surface area contributed by atoms with Crippen LogP contribution in [0.2, 0.25) is 0 Å². The number of fused-ring (bicyclic) bond motifs is 1. The zero-order chi connectivity index (χ0) is 22.9. The summed E-state index contributed by atoms with van der Waals surface area (Å²) < 4.78 is 1.95. The van der Waals surface area contributed by atoms with Crippen LogP contribution in [0.3, 0.4) is 0 Å². The summed E-state index contributed by atoms with van der Waals surface area (Å²) in [6, 6.07) is 27.6. The predicted molar refractivity (Wildman–Crippen MR) is 132 cm³/mol. The summed E-state index contributed by atoms with van der Waals surface area (Å²) in [6.45, 7) is 0. The van der Waals surface area contributed by atoms with E-state index in [4.69, 9.17) is 9.97 Å². The average molecular weight is 447 g/mol. The second kappa shape index (κ2) is 8.44. The van der Waals surface area contributed by atoms with Crippen LogP contribution < -0.4 is 10.6 Å². The van der Waals surface area contributed by atoms with Crippen LogP contribution in [-0.2, 0) is 0 Å². The largest absolute Gasteiger partial charge is 0.349 e. The number of hydrogen-bond donors (Lipinski definition) is 2. The van der Waals surface area contributed by atoms with Gasteiger partial charge in [-0.3, -0.25) is 9.36 Å². The number of aromatic nitrogens is 4. The summed E-state index contributed by atoms with van der Waals surface area (Å²) in [5, 5.41) is 6.41. The number of benzene rings is 3. The zero-order valence-electron chi connectivity index (χ0n) is 18.3. The van der Waals surface area contributed by atoms with Gasteiger partial charge in [0.2, 0.25) is 0 Å². The Hall–Kier alpha value is -4.52. The summed E-state index contributed by atoms with van der Waals surface area (Å²) in [5.41, 5.74) is 4.71. The average Bonchev–Trinajstić information content (AvgIpc) is 3.60. The molecule has 1 aliphatic rings. The third-order valence-corrected chi connectivity index (χ3v) is 5.78. The van der Waals surface area contributed by atoms with Crippen LogP contribution >= 0.6 is 0 Å². The van der Waals surface area contributed by atoms with Gasteiger partial charge in [0.05, 0.1) is 0 Å². The first kappa shape index (κ1) is 20.1. The number of nitrogens with one attached hydrogen (secondary N) is 2. The van der Waals surface area contributed by atoms with E-state index in [0.29, 0.717) is 34.4 Å². The molecule has 0 bridgehead atoms. The van der Waals surface area contributed by atoms with Gasteiger partial charge < -0.3 is 10.6 Å². The maximum absolute atomic E-state index is 12.4. The Morgan fingerprint density at radius 2 is 1.56 bits per heavy atom. The molecule has 0 saturated heterocycles. The summed E-state index contributed by atoms with van der Waals surface area (Å²) >= 11 is 0. The molecule has 2 heterocycles. The number of para-hydroxylation sites is 2. The van der Waals surface area contributed by atoms with Gasteiger partial charge in [0.15, 0.2) is 22.8 Å². The lowest BCUT2D eigenvalue weighted by molar-refractivity contribution is 0.0951. The molecule has 2 N–H and O–H groups in total. The fourth-order valence-corrected chi connectivity index (χ4v) is 3.82. The van der Waals surface area contributed by atoms with Crippen molar-refractivity contribution >= 4 is 28.6 Å². The summed E-state index contributed by atoms with van der Waals surface area (Å²) in [6.07, 6.45) is 3.88. The second-order valence-electron chi connectivity index (χ2n) is 8.33. The molecule has 1 amide bonds. The molecule has 1 saturated carbocycles. The molecule has 0 atom stereocenters. The lowest BCUT2D eigenvalue weighted by atomic mass is 10.1. The van der Waals surface area contributed by atoms with E-state index in [1.807, 2.05) is 89.5 Å². The number of imidazole rings is 1. The molecule has 7 heteroatoms. The topological polar surface area (TPSA) is 84.7 Å². The van der Waals surface area contributed by atoms with Crippen molar-refractivity contribution in [3.63, 3.8) is 0 Å². The van der Waals surface area contributed by atoms with Crippen molar-refractivity contribution in [2.24, 2.45) is 0 Å². The van der Waals surface area contributed by atoms with Gasteiger partial charge in [-0.2, -0.15) is 0 Å². The molecule has 6 rings (SSSR count). The van der Waals surface area contributed by atoms with Crippen LogP contribution in [0.5, 0.6) is 0 Å². The normalized spacial score (nSPS) is 13.1. The van der Waals surface area contributed by atoms with Crippen LogP contribution in [0.15, 0.2) is 91.3 Å². The van der Waals surface area contributed by atoms with Crippen LogP contribution in [-0.4, -0.2) is 31.5 Å². The van der Waals surface area contributed by atoms with Gasteiger partial charge in [-0.25, -0.2) is 15.0 Å². The van der Waals surface area contributed by atoms with E-state index in [9.17, 15) is 4.79 Å². The van der Waals surface area contributed by atoms with Crippen molar-refractivity contribution < 1.29 is 4.79 Å². The van der Waals surface area contributed by atoms with Gasteiger partial charge in [-0.15, -0.1) is 0 Å². The van der Waals surface area contributed by atoms with E-state index in [2.05, 4.69) is 15.6 Å². The smallest absolute Gasteiger partial charge is 0.251 e. The molecule has 0 spiro atoms. The van der Waals surface area contributed by atoms with Crippen molar-refractivity contribution in [3.8, 4) is 17.1 Å². The first-order valence-electron chi connectivity index (χ1n) is 11.3. The Bertz CT molecular complexity index is 1460. The SMILES string of the molecule is O=C(NC1CC1)c1ccc(-c2nc(Nc3ccccc3)c3ncn(-c4ccccc4)c3n2)cc1. The molecule has 166 valence electrons.